The molecule has 4 N–H and O–H groups in total. The van der Waals surface area contributed by atoms with Gasteiger partial charge in [-0.3, -0.25) is 19.1 Å². The minimum atomic E-state index is -4.89. The molecule has 290 valence electrons. The number of aliphatic carboxylic acids is 1. The molecule has 1 unspecified atom stereocenters. The fraction of sp³-hybridized carbons (Fsp3) is 0.471. The van der Waals surface area contributed by atoms with Crippen LogP contribution in [0, 0.1) is 11.8 Å². The van der Waals surface area contributed by atoms with Crippen LogP contribution in [0.4, 0.5) is 36.8 Å². The minimum absolute atomic E-state index is 0.229. The zero-order chi connectivity index (χ0) is 39.7. The maximum atomic E-state index is 13.9. The van der Waals surface area contributed by atoms with Gasteiger partial charge >= 0.3 is 24.4 Å². The molecule has 0 fully saturated rings. The number of halogens is 6. The number of hydrogen-bond donors (Lipinski definition) is 4. The molecule has 0 aliphatic carbocycles. The number of carbonyl (C=O) groups is 5. The second-order valence-electron chi connectivity index (χ2n) is 13.0. The molecule has 12 nitrogen and oxygen atoms in total. The zero-order valence-electron chi connectivity index (χ0n) is 29.0. The monoisotopic (exact) mass is 775 g/mol. The minimum Gasteiger partial charge on any atom is -0.480 e. The number of ether oxygens (including phenoxy) is 1. The normalized spacial score (nSPS) is 16.6. The van der Waals surface area contributed by atoms with Crippen molar-refractivity contribution in [2.24, 2.45) is 16.8 Å². The Labute approximate surface area is 305 Å². The number of anilines is 1. The number of carboxylic acids is 1. The highest BCUT2D eigenvalue weighted by molar-refractivity contribution is 7.98. The summed E-state index contributed by atoms with van der Waals surface area (Å²) in [6.45, 7) is 4.55. The molecule has 0 bridgehead atoms. The summed E-state index contributed by atoms with van der Waals surface area (Å²) >= 11 is 0.334. The van der Waals surface area contributed by atoms with Crippen molar-refractivity contribution in [1.82, 2.24) is 15.4 Å². The lowest BCUT2D eigenvalue weighted by Crippen LogP contribution is -2.50. The Kier molecular flexibility index (Phi) is 14.3. The van der Waals surface area contributed by atoms with E-state index in [1.807, 2.05) is 0 Å². The summed E-state index contributed by atoms with van der Waals surface area (Å²) in [5.74, 6) is -9.74. The van der Waals surface area contributed by atoms with Gasteiger partial charge in [-0.1, -0.05) is 48.5 Å². The smallest absolute Gasteiger partial charge is 0.408 e. The van der Waals surface area contributed by atoms with E-state index in [9.17, 15) is 55.4 Å². The summed E-state index contributed by atoms with van der Waals surface area (Å²) in [6.07, 6.45) is -18.3. The number of carboxylic acid groups (broad SMARTS) is 1. The number of alkyl carbamates (subject to hydrolysis) is 1. The summed E-state index contributed by atoms with van der Waals surface area (Å²) in [5, 5.41) is 13.9. The van der Waals surface area contributed by atoms with Crippen molar-refractivity contribution in [2.75, 3.05) is 17.7 Å². The van der Waals surface area contributed by atoms with E-state index < -0.39 is 103 Å². The van der Waals surface area contributed by atoms with Gasteiger partial charge in [-0.2, -0.15) is 26.3 Å². The van der Waals surface area contributed by atoms with E-state index in [0.29, 0.717) is 28.8 Å². The maximum absolute atomic E-state index is 13.9. The van der Waals surface area contributed by atoms with Crippen molar-refractivity contribution in [3.05, 3.63) is 65.7 Å². The van der Waals surface area contributed by atoms with Gasteiger partial charge < -0.3 is 25.4 Å². The fourth-order valence-electron chi connectivity index (χ4n) is 5.25. The molecule has 2 aromatic carbocycles. The van der Waals surface area contributed by atoms with E-state index in [1.165, 1.54) is 32.7 Å². The van der Waals surface area contributed by atoms with Gasteiger partial charge in [0.2, 0.25) is 18.0 Å². The molecular formula is C34H39F6N5O7S. The molecule has 0 saturated carbocycles. The van der Waals surface area contributed by atoms with E-state index in [0.717, 1.165) is 0 Å². The number of amides is 4. The Morgan fingerprint density at radius 1 is 0.887 bits per heavy atom. The summed E-state index contributed by atoms with van der Waals surface area (Å²) in [5.41, 5.74) is 0.593. The largest absolute Gasteiger partial charge is 0.480 e. The van der Waals surface area contributed by atoms with Crippen molar-refractivity contribution in [3.63, 3.8) is 0 Å². The number of aliphatic imine (C=N–C) groups is 1. The van der Waals surface area contributed by atoms with Crippen molar-refractivity contribution in [3.8, 4) is 0 Å². The third kappa shape index (κ3) is 13.3. The van der Waals surface area contributed by atoms with Crippen LogP contribution in [0.25, 0.3) is 0 Å². The number of alkyl halides is 6. The van der Waals surface area contributed by atoms with Crippen molar-refractivity contribution >= 4 is 53.1 Å². The highest BCUT2D eigenvalue weighted by Crippen LogP contribution is 2.34. The topological polar surface area (TPSA) is 166 Å². The van der Waals surface area contributed by atoms with Crippen LogP contribution in [0.15, 0.2) is 59.6 Å². The van der Waals surface area contributed by atoms with Crippen molar-refractivity contribution in [2.45, 2.75) is 76.6 Å². The van der Waals surface area contributed by atoms with Gasteiger partial charge in [0.1, 0.15) is 11.6 Å². The number of nitrogens with zero attached hydrogens (tertiary/aromatic N) is 2. The van der Waals surface area contributed by atoms with Crippen LogP contribution in [0.5, 0.6) is 0 Å². The number of likely N-dealkylation sites (N-methyl/N-ethyl adjacent to an activating group) is 1. The zero-order valence-corrected chi connectivity index (χ0v) is 29.8. The van der Waals surface area contributed by atoms with Crippen LogP contribution >= 0.6 is 11.9 Å². The van der Waals surface area contributed by atoms with Gasteiger partial charge in [0.05, 0.1) is 17.3 Å². The quantitative estimate of drug-likeness (QED) is 0.142. The maximum Gasteiger partial charge on any atom is 0.408 e. The van der Waals surface area contributed by atoms with Crippen LogP contribution in [0.1, 0.15) is 57.6 Å². The summed E-state index contributed by atoms with van der Waals surface area (Å²) in [7, 11) is 1.38. The number of carbonyl (C=O) groups excluding carboxylic acids is 4. The molecule has 1 aliphatic rings. The number of hydrogen-bond acceptors (Lipinski definition) is 8. The van der Waals surface area contributed by atoms with E-state index in [-0.39, 0.29) is 5.71 Å². The molecule has 0 aromatic heterocycles. The first-order valence-electron chi connectivity index (χ1n) is 16.1. The molecule has 2 aromatic rings. The lowest BCUT2D eigenvalue weighted by atomic mass is 9.83. The lowest BCUT2D eigenvalue weighted by molar-refractivity contribution is -0.152. The Balaban J connectivity index is 1.95. The molecule has 0 saturated heterocycles. The molecule has 1 heterocycles. The molecule has 19 heteroatoms. The van der Waals surface area contributed by atoms with E-state index >= 15 is 0 Å². The predicted octanol–water partition coefficient (Wildman–Crippen LogP) is 5.60. The van der Waals surface area contributed by atoms with Crippen LogP contribution < -0.4 is 20.3 Å². The highest BCUT2D eigenvalue weighted by Gasteiger charge is 2.42. The third-order valence-corrected chi connectivity index (χ3v) is 8.56. The number of fused-ring (bicyclic) bond motifs is 1. The molecule has 53 heavy (non-hydrogen) atoms. The molecule has 4 amide bonds. The Hall–Kier alpha value is -4.81. The van der Waals surface area contributed by atoms with Gasteiger partial charge in [0, 0.05) is 42.7 Å². The van der Waals surface area contributed by atoms with Crippen molar-refractivity contribution < 1.29 is 60.2 Å². The second kappa shape index (κ2) is 17.8. The van der Waals surface area contributed by atoms with Crippen LogP contribution in [0.3, 0.4) is 0 Å². The number of rotatable bonds is 14. The molecule has 4 atom stereocenters. The molecule has 0 radical (unpaired) electrons. The summed E-state index contributed by atoms with van der Waals surface area (Å²) in [6, 6.07) is 13.3. The first kappa shape index (κ1) is 42.6. The van der Waals surface area contributed by atoms with Gasteiger partial charge in [-0.05, 0) is 51.6 Å². The first-order valence-corrected chi connectivity index (χ1v) is 17.1. The average molecular weight is 776 g/mol. The number of nitrogens with one attached hydrogen (secondary N) is 3. The number of benzene rings is 2. The second-order valence-corrected chi connectivity index (χ2v) is 13.8. The van der Waals surface area contributed by atoms with Gasteiger partial charge in [0.25, 0.3) is 5.91 Å². The van der Waals surface area contributed by atoms with Crippen LogP contribution in [0.2, 0.25) is 0 Å². The standard InChI is InChI=1S/C34H39F6N5O7S/c1-32(2,3)52-31(51)41-23(30(49)50)18-53-44-28(47)21(15-17-34(38,39)40)20(14-16-33(35,36)37)27(46)43-26-29(48)45(4)24-13-9-8-12-22(24)25(42-26)19-10-6-5-7-11-19/h5-13,20-21,23,26H,14-18H2,1-4H3,(H,41,51)(H,43,46)(H,44,47)(H,49,50)/t20-,21+,23?,26-/m1/s1. The molecular weight excluding hydrogens is 736 g/mol. The Morgan fingerprint density at radius 2 is 1.43 bits per heavy atom. The van der Waals surface area contributed by atoms with Crippen LogP contribution in [-0.2, 0) is 23.9 Å². The summed E-state index contributed by atoms with van der Waals surface area (Å²) < 4.78 is 88.0. The van der Waals surface area contributed by atoms with Gasteiger partial charge in [-0.25, -0.2) is 14.6 Å². The lowest BCUT2D eigenvalue weighted by Gasteiger charge is -2.28. The van der Waals surface area contributed by atoms with E-state index in [2.05, 4.69) is 20.3 Å². The van der Waals surface area contributed by atoms with Crippen molar-refractivity contribution in [1.29, 1.82) is 0 Å². The summed E-state index contributed by atoms with van der Waals surface area (Å²) in [4.78, 5) is 70.4. The SMILES string of the molecule is CN1C(=O)[C@@H](NC(=O)[C@H](CCC(F)(F)F)[C@H](CCC(F)(F)F)C(=O)NSCC(NC(=O)OC(C)(C)C)C(=O)O)N=C(c2ccccc2)c2ccccc21. The Morgan fingerprint density at radius 3 is 1.98 bits per heavy atom. The number of benzodiazepines with no additional fused rings is 1. The first-order chi connectivity index (χ1) is 24.6. The predicted molar refractivity (Wildman–Crippen MR) is 183 cm³/mol. The van der Waals surface area contributed by atoms with Crippen LogP contribution in [-0.4, -0.2) is 83.6 Å². The molecule has 3 rings (SSSR count). The number of para-hydroxylation sites is 1. The third-order valence-electron chi connectivity index (χ3n) is 7.72. The average Bonchev–Trinajstić information content (AvgIpc) is 3.14. The van der Waals surface area contributed by atoms with E-state index in [4.69, 9.17) is 4.74 Å². The molecule has 1 aliphatic heterocycles. The highest BCUT2D eigenvalue weighted by atomic mass is 32.2. The molecule has 0 spiro atoms. The van der Waals surface area contributed by atoms with Gasteiger partial charge in [-0.15, -0.1) is 0 Å². The van der Waals surface area contributed by atoms with Gasteiger partial charge in [0.15, 0.2) is 0 Å². The van der Waals surface area contributed by atoms with E-state index in [1.54, 1.807) is 54.6 Å². The fourth-order valence-corrected chi connectivity index (χ4v) is 6.02. The Bertz CT molecular complexity index is 1670.